The largest absolute Gasteiger partial charge is 0.351 e. The number of imide groups is 1. The lowest BCUT2D eigenvalue weighted by Gasteiger charge is -2.29. The molecular formula is C8H15N3O2. The smallest absolute Gasteiger partial charge is 0.318 e. The zero-order valence-corrected chi connectivity index (χ0v) is 7.67. The van der Waals surface area contributed by atoms with Crippen molar-refractivity contribution in [2.75, 3.05) is 0 Å². The molecule has 4 N–H and O–H groups in total. The van der Waals surface area contributed by atoms with E-state index in [-0.39, 0.29) is 11.9 Å². The highest BCUT2D eigenvalue weighted by Gasteiger charge is 2.22. The molecule has 1 unspecified atom stereocenters. The Morgan fingerprint density at radius 1 is 1.46 bits per heavy atom. The van der Waals surface area contributed by atoms with E-state index in [1.807, 2.05) is 5.32 Å². The summed E-state index contributed by atoms with van der Waals surface area (Å²) in [5, 5.41) is 5.14. The minimum atomic E-state index is -0.799. The summed E-state index contributed by atoms with van der Waals surface area (Å²) in [5.74, 6) is -0.362. The lowest BCUT2D eigenvalue weighted by atomic mass is 9.92. The summed E-state index contributed by atoms with van der Waals surface area (Å²) in [7, 11) is 0. The maximum atomic E-state index is 11.2. The second kappa shape index (κ2) is 4.23. The molecule has 1 atom stereocenters. The molecule has 0 heterocycles. The normalized spacial score (nSPS) is 18.8. The van der Waals surface area contributed by atoms with Crippen LogP contribution in [0.1, 0.15) is 26.2 Å². The molecule has 0 aromatic carbocycles. The van der Waals surface area contributed by atoms with Gasteiger partial charge in [0.2, 0.25) is 5.91 Å². The average molecular weight is 185 g/mol. The number of nitrogens with one attached hydrogen (secondary N) is 2. The monoisotopic (exact) mass is 185 g/mol. The van der Waals surface area contributed by atoms with Crippen LogP contribution in [0.4, 0.5) is 4.79 Å². The minimum Gasteiger partial charge on any atom is -0.351 e. The van der Waals surface area contributed by atoms with Gasteiger partial charge in [-0.25, -0.2) is 4.79 Å². The highest BCUT2D eigenvalue weighted by atomic mass is 16.2. The average Bonchev–Trinajstić information content (AvgIpc) is 1.94. The number of hydrogen-bond donors (Lipinski definition) is 3. The quantitative estimate of drug-likeness (QED) is 0.565. The molecule has 3 amide bonds. The minimum absolute atomic E-state index is 0.349. The van der Waals surface area contributed by atoms with Gasteiger partial charge in [-0.2, -0.15) is 0 Å². The van der Waals surface area contributed by atoms with E-state index in [9.17, 15) is 9.59 Å². The van der Waals surface area contributed by atoms with Gasteiger partial charge < -0.3 is 11.1 Å². The maximum Gasteiger partial charge on any atom is 0.318 e. The van der Waals surface area contributed by atoms with Crippen molar-refractivity contribution >= 4 is 11.9 Å². The maximum absolute atomic E-state index is 11.2. The van der Waals surface area contributed by atoms with Gasteiger partial charge in [-0.15, -0.1) is 0 Å². The van der Waals surface area contributed by atoms with Crippen molar-refractivity contribution in [1.82, 2.24) is 10.6 Å². The third-order valence-electron chi connectivity index (χ3n) is 2.23. The summed E-state index contributed by atoms with van der Waals surface area (Å²) in [6.07, 6.45) is 3.42. The molecule has 13 heavy (non-hydrogen) atoms. The van der Waals surface area contributed by atoms with Crippen LogP contribution >= 0.6 is 0 Å². The summed E-state index contributed by atoms with van der Waals surface area (Å²) in [6, 6.07) is -0.723. The van der Waals surface area contributed by atoms with Gasteiger partial charge in [0.1, 0.15) is 0 Å². The Labute approximate surface area is 77.1 Å². The summed E-state index contributed by atoms with van der Waals surface area (Å²) < 4.78 is 0. The third-order valence-corrected chi connectivity index (χ3v) is 2.23. The molecule has 1 rings (SSSR count). The van der Waals surface area contributed by atoms with Gasteiger partial charge >= 0.3 is 6.03 Å². The molecule has 1 saturated carbocycles. The van der Waals surface area contributed by atoms with Crippen LogP contribution < -0.4 is 16.4 Å². The van der Waals surface area contributed by atoms with Crippen LogP contribution in [-0.2, 0) is 4.79 Å². The molecule has 5 heteroatoms. The van der Waals surface area contributed by atoms with E-state index in [1.54, 1.807) is 6.92 Å². The molecule has 1 aliphatic rings. The van der Waals surface area contributed by atoms with Gasteiger partial charge in [0.25, 0.3) is 0 Å². The number of hydrogen-bond acceptors (Lipinski definition) is 3. The first-order valence-corrected chi connectivity index (χ1v) is 4.46. The van der Waals surface area contributed by atoms with Crippen LogP contribution in [0.3, 0.4) is 0 Å². The molecule has 0 aliphatic heterocycles. The van der Waals surface area contributed by atoms with Gasteiger partial charge in [-0.05, 0) is 19.8 Å². The van der Waals surface area contributed by atoms with E-state index in [2.05, 4.69) is 5.32 Å². The predicted octanol–water partition coefficient (Wildman–Crippen LogP) is -0.288. The Kier molecular flexibility index (Phi) is 3.25. The van der Waals surface area contributed by atoms with Crippen molar-refractivity contribution in [3.8, 4) is 0 Å². The van der Waals surface area contributed by atoms with E-state index in [4.69, 9.17) is 5.73 Å². The number of amides is 3. The van der Waals surface area contributed by atoms with Gasteiger partial charge in [-0.1, -0.05) is 6.42 Å². The number of rotatable bonds is 3. The van der Waals surface area contributed by atoms with Crippen LogP contribution in [0.5, 0.6) is 0 Å². The first-order valence-electron chi connectivity index (χ1n) is 4.46. The molecule has 1 fully saturated rings. The summed E-state index contributed by atoms with van der Waals surface area (Å²) >= 11 is 0. The van der Waals surface area contributed by atoms with Crippen LogP contribution in [0.15, 0.2) is 0 Å². The molecule has 0 bridgehead atoms. The number of nitrogens with two attached hydrogens (primary N) is 1. The highest BCUT2D eigenvalue weighted by Crippen LogP contribution is 2.18. The van der Waals surface area contributed by atoms with Crippen molar-refractivity contribution in [3.05, 3.63) is 0 Å². The standard InChI is InChI=1S/C8H15N3O2/c1-5(7(12)11-8(9)13)10-6-3-2-4-6/h5-6,10H,2-4H2,1H3,(H3,9,11,12,13). The topological polar surface area (TPSA) is 84.2 Å². The first kappa shape index (κ1) is 9.98. The zero-order chi connectivity index (χ0) is 9.84. The van der Waals surface area contributed by atoms with Gasteiger partial charge in [0.05, 0.1) is 6.04 Å². The van der Waals surface area contributed by atoms with Gasteiger partial charge in [0, 0.05) is 6.04 Å². The van der Waals surface area contributed by atoms with Crippen molar-refractivity contribution in [1.29, 1.82) is 0 Å². The number of primary amides is 1. The molecule has 1 aliphatic carbocycles. The molecule has 5 nitrogen and oxygen atoms in total. The molecule has 0 saturated heterocycles. The third kappa shape index (κ3) is 3.02. The Morgan fingerprint density at radius 3 is 2.46 bits per heavy atom. The van der Waals surface area contributed by atoms with Crippen molar-refractivity contribution < 1.29 is 9.59 Å². The van der Waals surface area contributed by atoms with E-state index < -0.39 is 6.03 Å². The van der Waals surface area contributed by atoms with Crippen molar-refractivity contribution in [2.24, 2.45) is 5.73 Å². The highest BCUT2D eigenvalue weighted by molar-refractivity contribution is 5.96. The predicted molar refractivity (Wildman–Crippen MR) is 48.0 cm³/mol. The van der Waals surface area contributed by atoms with Crippen LogP contribution in [0.25, 0.3) is 0 Å². The second-order valence-electron chi connectivity index (χ2n) is 3.37. The zero-order valence-electron chi connectivity index (χ0n) is 7.67. The van der Waals surface area contributed by atoms with E-state index in [1.165, 1.54) is 6.42 Å². The number of carbonyl (C=O) groups excluding carboxylic acids is 2. The Morgan fingerprint density at radius 2 is 2.08 bits per heavy atom. The summed E-state index contributed by atoms with van der Waals surface area (Å²) in [5.41, 5.74) is 4.81. The summed E-state index contributed by atoms with van der Waals surface area (Å²) in [6.45, 7) is 1.72. The molecular weight excluding hydrogens is 170 g/mol. The summed E-state index contributed by atoms with van der Waals surface area (Å²) in [4.78, 5) is 21.5. The fourth-order valence-electron chi connectivity index (χ4n) is 1.23. The number of urea groups is 1. The van der Waals surface area contributed by atoms with Crippen molar-refractivity contribution in [2.45, 2.75) is 38.3 Å². The van der Waals surface area contributed by atoms with Crippen molar-refractivity contribution in [3.63, 3.8) is 0 Å². The van der Waals surface area contributed by atoms with Crippen LogP contribution in [0, 0.1) is 0 Å². The van der Waals surface area contributed by atoms with Crippen LogP contribution in [0.2, 0.25) is 0 Å². The van der Waals surface area contributed by atoms with Gasteiger partial charge in [0.15, 0.2) is 0 Å². The SMILES string of the molecule is CC(NC1CCC1)C(=O)NC(N)=O. The van der Waals surface area contributed by atoms with E-state index in [0.29, 0.717) is 6.04 Å². The lowest BCUT2D eigenvalue weighted by molar-refractivity contribution is -0.121. The van der Waals surface area contributed by atoms with Gasteiger partial charge in [-0.3, -0.25) is 10.1 Å². The first-order chi connectivity index (χ1) is 6.09. The lowest BCUT2D eigenvalue weighted by Crippen LogP contribution is -2.51. The fourth-order valence-corrected chi connectivity index (χ4v) is 1.23. The molecule has 0 aromatic heterocycles. The van der Waals surface area contributed by atoms with E-state index in [0.717, 1.165) is 12.8 Å². The Balaban J connectivity index is 2.24. The molecule has 74 valence electrons. The number of carbonyl (C=O) groups is 2. The fraction of sp³-hybridized carbons (Fsp3) is 0.750. The second-order valence-corrected chi connectivity index (χ2v) is 3.37. The molecule has 0 aromatic rings. The Bertz CT molecular complexity index is 213. The van der Waals surface area contributed by atoms with E-state index >= 15 is 0 Å². The molecule has 0 spiro atoms. The molecule has 0 radical (unpaired) electrons. The Hall–Kier alpha value is -1.10. The van der Waals surface area contributed by atoms with Crippen LogP contribution in [-0.4, -0.2) is 24.0 Å².